The average Bonchev–Trinajstić information content (AvgIpc) is 2.78. The maximum atomic E-state index is 12.4. The minimum Gasteiger partial charge on any atom is -0.316 e. The van der Waals surface area contributed by atoms with Crippen molar-refractivity contribution < 1.29 is 13.2 Å². The molecular formula is C11H11F3N4. The van der Waals surface area contributed by atoms with Crippen LogP contribution in [0.4, 0.5) is 13.2 Å². The number of hydrogen-bond acceptors (Lipinski definition) is 3. The molecule has 0 saturated carbocycles. The molecule has 0 aliphatic heterocycles. The van der Waals surface area contributed by atoms with E-state index in [2.05, 4.69) is 15.4 Å². The zero-order chi connectivity index (χ0) is 13.2. The molecule has 0 radical (unpaired) electrons. The van der Waals surface area contributed by atoms with E-state index >= 15 is 0 Å². The minimum absolute atomic E-state index is 0.359. The first-order chi connectivity index (χ1) is 8.50. The number of halogens is 3. The van der Waals surface area contributed by atoms with Crippen LogP contribution in [-0.4, -0.2) is 21.8 Å². The summed E-state index contributed by atoms with van der Waals surface area (Å²) in [5, 5.41) is 6.62. The molecule has 0 aromatic carbocycles. The van der Waals surface area contributed by atoms with E-state index in [1.807, 2.05) is 0 Å². The van der Waals surface area contributed by atoms with Crippen molar-refractivity contribution in [1.82, 2.24) is 20.1 Å². The van der Waals surface area contributed by atoms with Gasteiger partial charge in [-0.3, -0.25) is 0 Å². The molecule has 0 spiro atoms. The van der Waals surface area contributed by atoms with Crippen molar-refractivity contribution in [2.45, 2.75) is 12.7 Å². The van der Waals surface area contributed by atoms with Crippen molar-refractivity contribution in [3.63, 3.8) is 0 Å². The molecule has 0 atom stereocenters. The third-order valence-corrected chi connectivity index (χ3v) is 2.34. The van der Waals surface area contributed by atoms with Gasteiger partial charge in [0.25, 0.3) is 0 Å². The van der Waals surface area contributed by atoms with E-state index in [1.165, 1.54) is 6.20 Å². The van der Waals surface area contributed by atoms with Crippen molar-refractivity contribution in [2.24, 2.45) is 0 Å². The second-order valence-electron chi connectivity index (χ2n) is 3.72. The monoisotopic (exact) mass is 256 g/mol. The van der Waals surface area contributed by atoms with E-state index in [4.69, 9.17) is 0 Å². The van der Waals surface area contributed by atoms with E-state index in [0.717, 1.165) is 22.6 Å². The molecule has 0 bridgehead atoms. The largest absolute Gasteiger partial charge is 0.419 e. The van der Waals surface area contributed by atoms with Crippen LogP contribution in [0.15, 0.2) is 30.7 Å². The van der Waals surface area contributed by atoms with Gasteiger partial charge < -0.3 is 5.32 Å². The molecule has 0 saturated heterocycles. The molecular weight excluding hydrogens is 245 g/mol. The van der Waals surface area contributed by atoms with E-state index in [-0.39, 0.29) is 0 Å². The number of alkyl halides is 3. The number of pyridine rings is 1. The fourth-order valence-electron chi connectivity index (χ4n) is 1.49. The lowest BCUT2D eigenvalue weighted by Crippen LogP contribution is -2.07. The minimum atomic E-state index is -4.39. The molecule has 0 unspecified atom stereocenters. The van der Waals surface area contributed by atoms with Gasteiger partial charge in [-0.2, -0.15) is 18.3 Å². The first-order valence-electron chi connectivity index (χ1n) is 5.22. The van der Waals surface area contributed by atoms with Crippen molar-refractivity contribution in [3.8, 4) is 5.82 Å². The lowest BCUT2D eigenvalue weighted by atomic mass is 10.2. The quantitative estimate of drug-likeness (QED) is 0.913. The van der Waals surface area contributed by atoms with Crippen LogP contribution in [0, 0.1) is 0 Å². The Kier molecular flexibility index (Phi) is 3.33. The SMILES string of the molecule is CNCc1ccnc(-n2cc(C(F)(F)F)cn2)c1. The summed E-state index contributed by atoms with van der Waals surface area (Å²) >= 11 is 0. The third-order valence-electron chi connectivity index (χ3n) is 2.34. The Morgan fingerprint density at radius 3 is 2.78 bits per heavy atom. The van der Waals surface area contributed by atoms with E-state index in [9.17, 15) is 13.2 Å². The first-order valence-corrected chi connectivity index (χ1v) is 5.22. The fourth-order valence-corrected chi connectivity index (χ4v) is 1.49. The Morgan fingerprint density at radius 1 is 1.39 bits per heavy atom. The summed E-state index contributed by atoms with van der Waals surface area (Å²) in [5.41, 5.74) is 0.134. The Balaban J connectivity index is 2.31. The van der Waals surface area contributed by atoms with Crippen LogP contribution in [0.1, 0.15) is 11.1 Å². The van der Waals surface area contributed by atoms with Gasteiger partial charge in [-0.25, -0.2) is 9.67 Å². The summed E-state index contributed by atoms with van der Waals surface area (Å²) in [6, 6.07) is 3.47. The third kappa shape index (κ3) is 2.67. The number of nitrogens with one attached hydrogen (secondary N) is 1. The highest BCUT2D eigenvalue weighted by Crippen LogP contribution is 2.28. The van der Waals surface area contributed by atoms with Crippen molar-refractivity contribution in [3.05, 3.63) is 41.9 Å². The lowest BCUT2D eigenvalue weighted by Gasteiger charge is -2.04. The van der Waals surface area contributed by atoms with Gasteiger partial charge in [-0.15, -0.1) is 0 Å². The van der Waals surface area contributed by atoms with Gasteiger partial charge in [0.05, 0.1) is 11.8 Å². The molecule has 0 amide bonds. The van der Waals surface area contributed by atoms with Crippen molar-refractivity contribution >= 4 is 0 Å². The molecule has 0 aliphatic rings. The predicted molar refractivity (Wildman–Crippen MR) is 59.1 cm³/mol. The molecule has 7 heteroatoms. The molecule has 96 valence electrons. The molecule has 2 aromatic heterocycles. The number of aromatic nitrogens is 3. The van der Waals surface area contributed by atoms with Crippen LogP contribution in [0.5, 0.6) is 0 Å². The Hall–Kier alpha value is -1.89. The van der Waals surface area contributed by atoms with Crippen LogP contribution in [0.25, 0.3) is 5.82 Å². The molecule has 0 fully saturated rings. The van der Waals surface area contributed by atoms with Crippen LogP contribution in [0.3, 0.4) is 0 Å². The highest BCUT2D eigenvalue weighted by molar-refractivity contribution is 5.28. The zero-order valence-corrected chi connectivity index (χ0v) is 9.57. The maximum Gasteiger partial charge on any atom is 0.419 e. The normalized spacial score (nSPS) is 11.8. The van der Waals surface area contributed by atoms with Gasteiger partial charge in [0.15, 0.2) is 5.82 Å². The maximum absolute atomic E-state index is 12.4. The second kappa shape index (κ2) is 4.77. The summed E-state index contributed by atoms with van der Waals surface area (Å²) in [4.78, 5) is 3.99. The van der Waals surface area contributed by atoms with Gasteiger partial charge in [-0.1, -0.05) is 0 Å². The predicted octanol–water partition coefficient (Wildman–Crippen LogP) is 2.01. The molecule has 1 N–H and O–H groups in total. The average molecular weight is 256 g/mol. The molecule has 2 aromatic rings. The fraction of sp³-hybridized carbons (Fsp3) is 0.273. The summed E-state index contributed by atoms with van der Waals surface area (Å²) in [7, 11) is 1.79. The Morgan fingerprint density at radius 2 is 2.17 bits per heavy atom. The Labute approximate surface area is 101 Å². The highest BCUT2D eigenvalue weighted by atomic mass is 19.4. The van der Waals surface area contributed by atoms with Gasteiger partial charge in [0.2, 0.25) is 0 Å². The first kappa shape index (κ1) is 12.6. The number of nitrogens with zero attached hydrogens (tertiary/aromatic N) is 3. The van der Waals surface area contributed by atoms with E-state index < -0.39 is 11.7 Å². The van der Waals surface area contributed by atoms with Crippen LogP contribution in [-0.2, 0) is 12.7 Å². The molecule has 0 aliphatic carbocycles. The number of rotatable bonds is 3. The molecule has 2 rings (SSSR count). The van der Waals surface area contributed by atoms with Crippen LogP contribution in [0.2, 0.25) is 0 Å². The summed E-state index contributed by atoms with van der Waals surface area (Å²) in [6.45, 7) is 0.614. The van der Waals surface area contributed by atoms with Gasteiger partial charge in [0, 0.05) is 18.9 Å². The molecule has 18 heavy (non-hydrogen) atoms. The second-order valence-corrected chi connectivity index (χ2v) is 3.72. The van der Waals surface area contributed by atoms with Gasteiger partial charge in [0.1, 0.15) is 0 Å². The summed E-state index contributed by atoms with van der Waals surface area (Å²) in [6.07, 6.45) is -1.14. The van der Waals surface area contributed by atoms with E-state index in [1.54, 1.807) is 19.2 Å². The molecule has 2 heterocycles. The van der Waals surface area contributed by atoms with Crippen molar-refractivity contribution in [2.75, 3.05) is 7.05 Å². The van der Waals surface area contributed by atoms with Gasteiger partial charge >= 0.3 is 6.18 Å². The Bertz CT molecular complexity index is 533. The molecule has 4 nitrogen and oxygen atoms in total. The highest BCUT2D eigenvalue weighted by Gasteiger charge is 2.32. The topological polar surface area (TPSA) is 42.7 Å². The summed E-state index contributed by atoms with van der Waals surface area (Å²) in [5.74, 6) is 0.359. The summed E-state index contributed by atoms with van der Waals surface area (Å²) < 4.78 is 38.4. The van der Waals surface area contributed by atoms with Crippen LogP contribution >= 0.6 is 0 Å². The number of hydrogen-bond donors (Lipinski definition) is 1. The standard InChI is InChI=1S/C11H11F3N4/c1-15-5-8-2-3-16-10(4-8)18-7-9(6-17-18)11(12,13)14/h2-4,6-7,15H,5H2,1H3. The van der Waals surface area contributed by atoms with Gasteiger partial charge in [-0.05, 0) is 24.7 Å². The lowest BCUT2D eigenvalue weighted by molar-refractivity contribution is -0.137. The van der Waals surface area contributed by atoms with E-state index in [0.29, 0.717) is 12.4 Å². The smallest absolute Gasteiger partial charge is 0.316 e. The zero-order valence-electron chi connectivity index (χ0n) is 9.57. The van der Waals surface area contributed by atoms with Crippen LogP contribution < -0.4 is 5.32 Å². The van der Waals surface area contributed by atoms with Crippen molar-refractivity contribution in [1.29, 1.82) is 0 Å².